The van der Waals surface area contributed by atoms with Crippen LogP contribution in [-0.2, 0) is 4.79 Å². The topological polar surface area (TPSA) is 102 Å². The molecule has 2 heterocycles. The van der Waals surface area contributed by atoms with Crippen molar-refractivity contribution in [2.75, 3.05) is 31.5 Å². The maximum absolute atomic E-state index is 12.7. The summed E-state index contributed by atoms with van der Waals surface area (Å²) >= 11 is 0. The van der Waals surface area contributed by atoms with Crippen molar-refractivity contribution in [3.05, 3.63) is 72.3 Å². The zero-order valence-corrected chi connectivity index (χ0v) is 23.2. The summed E-state index contributed by atoms with van der Waals surface area (Å²) in [6.45, 7) is 13.1. The standard InChI is InChI=1S/C30H36N6O3/c1-6-36(7-2)16-15-31-30(37)22(5)38-27-10-8-9-25-28(27)29(34-19-33-25)35-23-12-14-26(20(3)17-23)39-24-13-11-21(4)32-18-24/h8-14,17-19,22H,6-7,15-16H2,1-5H3,(H,31,37)(H,33,34,35)/t22-/m1/s1. The van der Waals surface area contributed by atoms with Crippen molar-refractivity contribution in [1.29, 1.82) is 0 Å². The number of hydrogen-bond acceptors (Lipinski definition) is 8. The number of carbonyl (C=O) groups is 1. The Kier molecular flexibility index (Phi) is 9.27. The number of nitrogens with one attached hydrogen (secondary N) is 2. The predicted octanol–water partition coefficient (Wildman–Crippen LogP) is 5.40. The Morgan fingerprint density at radius 3 is 2.54 bits per heavy atom. The van der Waals surface area contributed by atoms with Gasteiger partial charge in [-0.15, -0.1) is 0 Å². The number of benzene rings is 2. The molecule has 1 atom stereocenters. The van der Waals surface area contributed by atoms with Gasteiger partial charge in [0.25, 0.3) is 5.91 Å². The molecule has 0 saturated heterocycles. The van der Waals surface area contributed by atoms with E-state index in [1.165, 1.54) is 6.33 Å². The second-order valence-corrected chi connectivity index (χ2v) is 9.29. The smallest absolute Gasteiger partial charge is 0.260 e. The van der Waals surface area contributed by atoms with Crippen LogP contribution in [0.3, 0.4) is 0 Å². The third-order valence-electron chi connectivity index (χ3n) is 6.47. The summed E-state index contributed by atoms with van der Waals surface area (Å²) in [5.74, 6) is 2.37. The fourth-order valence-corrected chi connectivity index (χ4v) is 4.16. The first-order valence-electron chi connectivity index (χ1n) is 13.3. The van der Waals surface area contributed by atoms with Crippen LogP contribution in [-0.4, -0.2) is 58.0 Å². The minimum Gasteiger partial charge on any atom is -0.480 e. The number of likely N-dealkylation sites (N-methyl/N-ethyl adjacent to an activating group) is 1. The maximum atomic E-state index is 12.7. The van der Waals surface area contributed by atoms with Gasteiger partial charge in [0.2, 0.25) is 0 Å². The van der Waals surface area contributed by atoms with Crippen molar-refractivity contribution in [1.82, 2.24) is 25.2 Å². The van der Waals surface area contributed by atoms with E-state index in [1.54, 1.807) is 13.1 Å². The fourth-order valence-electron chi connectivity index (χ4n) is 4.16. The largest absolute Gasteiger partial charge is 0.480 e. The first-order valence-corrected chi connectivity index (χ1v) is 13.3. The zero-order chi connectivity index (χ0) is 27.8. The maximum Gasteiger partial charge on any atom is 0.260 e. The average molecular weight is 529 g/mol. The Morgan fingerprint density at radius 2 is 1.82 bits per heavy atom. The SMILES string of the molecule is CCN(CC)CCNC(=O)[C@@H](C)Oc1cccc2ncnc(Nc3ccc(Oc4ccc(C)nc4)c(C)c3)c12. The minimum absolute atomic E-state index is 0.166. The molecule has 4 rings (SSSR count). The minimum atomic E-state index is -0.685. The second-order valence-electron chi connectivity index (χ2n) is 9.29. The normalized spacial score (nSPS) is 11.8. The Bertz CT molecular complexity index is 1400. The lowest BCUT2D eigenvalue weighted by molar-refractivity contribution is -0.127. The van der Waals surface area contributed by atoms with Crippen LogP contribution < -0.4 is 20.1 Å². The molecule has 0 aliphatic carbocycles. The summed E-state index contributed by atoms with van der Waals surface area (Å²) < 4.78 is 12.1. The molecule has 0 aliphatic heterocycles. The van der Waals surface area contributed by atoms with Crippen molar-refractivity contribution in [2.24, 2.45) is 0 Å². The van der Waals surface area contributed by atoms with Gasteiger partial charge in [-0.1, -0.05) is 19.9 Å². The first-order chi connectivity index (χ1) is 18.9. The number of anilines is 2. The van der Waals surface area contributed by atoms with Gasteiger partial charge >= 0.3 is 0 Å². The molecular formula is C30H36N6O3. The number of ether oxygens (including phenoxy) is 2. The van der Waals surface area contributed by atoms with E-state index in [-0.39, 0.29) is 5.91 Å². The molecule has 2 aromatic heterocycles. The summed E-state index contributed by atoms with van der Waals surface area (Å²) in [4.78, 5) is 28.1. The first kappa shape index (κ1) is 27.8. The molecule has 2 aromatic carbocycles. The summed E-state index contributed by atoms with van der Waals surface area (Å²) in [6.07, 6.45) is 2.53. The second kappa shape index (κ2) is 13.0. The molecule has 0 radical (unpaired) electrons. The van der Waals surface area contributed by atoms with Gasteiger partial charge in [0.1, 0.15) is 29.4 Å². The molecular weight excluding hydrogens is 492 g/mol. The number of aryl methyl sites for hydroxylation is 2. The van der Waals surface area contributed by atoms with E-state index in [2.05, 4.69) is 44.3 Å². The van der Waals surface area contributed by atoms with Gasteiger partial charge < -0.3 is 25.0 Å². The monoisotopic (exact) mass is 528 g/mol. The number of carbonyl (C=O) groups excluding carboxylic acids is 1. The number of fused-ring (bicyclic) bond motifs is 1. The molecule has 0 spiro atoms. The molecule has 0 unspecified atom stereocenters. The highest BCUT2D eigenvalue weighted by Gasteiger charge is 2.18. The molecule has 9 nitrogen and oxygen atoms in total. The summed E-state index contributed by atoms with van der Waals surface area (Å²) in [5.41, 5.74) is 3.43. The molecule has 0 saturated carbocycles. The van der Waals surface area contributed by atoms with Gasteiger partial charge in [-0.25, -0.2) is 9.97 Å². The molecule has 0 fully saturated rings. The molecule has 39 heavy (non-hydrogen) atoms. The number of nitrogens with zero attached hydrogens (tertiary/aromatic N) is 4. The highest BCUT2D eigenvalue weighted by molar-refractivity contribution is 5.96. The van der Waals surface area contributed by atoms with Crippen LogP contribution in [0, 0.1) is 13.8 Å². The summed E-state index contributed by atoms with van der Waals surface area (Å²) in [5, 5.41) is 7.05. The van der Waals surface area contributed by atoms with Gasteiger partial charge in [0.05, 0.1) is 17.1 Å². The number of rotatable bonds is 12. The van der Waals surface area contributed by atoms with E-state index in [0.29, 0.717) is 34.8 Å². The molecule has 2 N–H and O–H groups in total. The summed E-state index contributed by atoms with van der Waals surface area (Å²) in [7, 11) is 0. The Hall–Kier alpha value is -4.24. The van der Waals surface area contributed by atoms with Crippen molar-refractivity contribution in [3.8, 4) is 17.2 Å². The van der Waals surface area contributed by atoms with E-state index in [1.807, 2.05) is 62.4 Å². The predicted molar refractivity (Wildman–Crippen MR) is 154 cm³/mol. The third kappa shape index (κ3) is 7.20. The van der Waals surface area contributed by atoms with Crippen LogP contribution in [0.1, 0.15) is 32.0 Å². The van der Waals surface area contributed by atoms with E-state index in [0.717, 1.165) is 42.3 Å². The fraction of sp³-hybridized carbons (Fsp3) is 0.333. The lowest BCUT2D eigenvalue weighted by Crippen LogP contribution is -2.40. The van der Waals surface area contributed by atoms with Crippen LogP contribution >= 0.6 is 0 Å². The molecule has 9 heteroatoms. The van der Waals surface area contributed by atoms with E-state index in [4.69, 9.17) is 9.47 Å². The quantitative estimate of drug-likeness (QED) is 0.252. The van der Waals surface area contributed by atoms with Crippen molar-refractivity contribution >= 4 is 28.3 Å². The van der Waals surface area contributed by atoms with Crippen LogP contribution in [0.15, 0.2) is 61.1 Å². The van der Waals surface area contributed by atoms with Crippen LogP contribution in [0.4, 0.5) is 11.5 Å². The average Bonchev–Trinajstić information content (AvgIpc) is 2.94. The van der Waals surface area contributed by atoms with E-state index < -0.39 is 6.10 Å². The Labute approximate surface area is 229 Å². The molecule has 4 aromatic rings. The van der Waals surface area contributed by atoms with E-state index >= 15 is 0 Å². The molecule has 0 bridgehead atoms. The van der Waals surface area contributed by atoms with Crippen LogP contribution in [0.25, 0.3) is 10.9 Å². The zero-order valence-electron chi connectivity index (χ0n) is 23.2. The lowest BCUT2D eigenvalue weighted by Gasteiger charge is -2.20. The lowest BCUT2D eigenvalue weighted by atomic mass is 10.1. The van der Waals surface area contributed by atoms with Gasteiger partial charge in [-0.3, -0.25) is 9.78 Å². The third-order valence-corrected chi connectivity index (χ3v) is 6.47. The van der Waals surface area contributed by atoms with Gasteiger partial charge in [0.15, 0.2) is 6.10 Å². The van der Waals surface area contributed by atoms with Gasteiger partial charge in [-0.05, 0) is 81.9 Å². The van der Waals surface area contributed by atoms with Crippen molar-refractivity contribution in [3.63, 3.8) is 0 Å². The Morgan fingerprint density at radius 1 is 1.00 bits per heavy atom. The molecule has 0 aliphatic rings. The van der Waals surface area contributed by atoms with Crippen molar-refractivity contribution in [2.45, 2.75) is 40.7 Å². The number of amides is 1. The molecule has 1 amide bonds. The van der Waals surface area contributed by atoms with Crippen molar-refractivity contribution < 1.29 is 14.3 Å². The van der Waals surface area contributed by atoms with Crippen LogP contribution in [0.5, 0.6) is 17.2 Å². The highest BCUT2D eigenvalue weighted by Crippen LogP contribution is 2.33. The molecule has 204 valence electrons. The number of pyridine rings is 1. The summed E-state index contributed by atoms with van der Waals surface area (Å²) in [6, 6.07) is 15.2. The number of hydrogen-bond donors (Lipinski definition) is 2. The van der Waals surface area contributed by atoms with E-state index in [9.17, 15) is 4.79 Å². The Balaban J connectivity index is 1.49. The van der Waals surface area contributed by atoms with Gasteiger partial charge in [-0.2, -0.15) is 0 Å². The van der Waals surface area contributed by atoms with Gasteiger partial charge in [0, 0.05) is 24.5 Å². The van der Waals surface area contributed by atoms with Crippen LogP contribution in [0.2, 0.25) is 0 Å². The number of aromatic nitrogens is 3. The highest BCUT2D eigenvalue weighted by atomic mass is 16.5.